The highest BCUT2D eigenvalue weighted by Crippen LogP contribution is 2.33. The van der Waals surface area contributed by atoms with Crippen LogP contribution in [0.15, 0.2) is 53.1 Å². The third-order valence-corrected chi connectivity index (χ3v) is 4.60. The van der Waals surface area contributed by atoms with Crippen molar-refractivity contribution in [2.24, 2.45) is 0 Å². The average Bonchev–Trinajstić information content (AvgIpc) is 3.32. The predicted molar refractivity (Wildman–Crippen MR) is 99.7 cm³/mol. The normalized spacial score (nSPS) is 12.2. The molecule has 4 rings (SSSR count). The Balaban J connectivity index is 1.62. The summed E-state index contributed by atoms with van der Waals surface area (Å²) in [6.45, 7) is 4.98. The van der Waals surface area contributed by atoms with Crippen LogP contribution in [0, 0.1) is 6.92 Å². The summed E-state index contributed by atoms with van der Waals surface area (Å²) in [5.74, 6) is 1.85. The quantitative estimate of drug-likeness (QED) is 0.684. The van der Waals surface area contributed by atoms with Gasteiger partial charge >= 0.3 is 0 Å². The van der Waals surface area contributed by atoms with Crippen LogP contribution >= 0.6 is 0 Å². The van der Waals surface area contributed by atoms with Crippen molar-refractivity contribution >= 4 is 5.91 Å². The zero-order valence-corrected chi connectivity index (χ0v) is 15.3. The summed E-state index contributed by atoms with van der Waals surface area (Å²) in [6.07, 6.45) is 0. The number of hydrogen-bond donors (Lipinski definition) is 0. The van der Waals surface area contributed by atoms with Crippen molar-refractivity contribution in [3.8, 4) is 22.8 Å². The Morgan fingerprint density at radius 3 is 2.67 bits per heavy atom. The van der Waals surface area contributed by atoms with Gasteiger partial charge in [-0.15, -0.1) is 0 Å². The molecule has 2 heterocycles. The second-order valence-corrected chi connectivity index (χ2v) is 6.34. The van der Waals surface area contributed by atoms with E-state index in [9.17, 15) is 4.79 Å². The van der Waals surface area contributed by atoms with E-state index in [1.54, 1.807) is 11.8 Å². The molecule has 1 aromatic heterocycles. The second kappa shape index (κ2) is 7.15. The Labute approximate surface area is 157 Å². The first-order valence-electron chi connectivity index (χ1n) is 8.87. The summed E-state index contributed by atoms with van der Waals surface area (Å²) in [5, 5.41) is 4.12. The number of fused-ring (bicyclic) bond motifs is 1. The van der Waals surface area contributed by atoms with Gasteiger partial charge in [-0.1, -0.05) is 41.6 Å². The summed E-state index contributed by atoms with van der Waals surface area (Å²) >= 11 is 0. The van der Waals surface area contributed by atoms with Crippen molar-refractivity contribution in [1.82, 2.24) is 10.1 Å². The average molecular weight is 364 g/mol. The summed E-state index contributed by atoms with van der Waals surface area (Å²) in [4.78, 5) is 15.0. The largest absolute Gasteiger partial charge is 0.454 e. The van der Waals surface area contributed by atoms with E-state index in [4.69, 9.17) is 14.0 Å². The Morgan fingerprint density at radius 1 is 1.11 bits per heavy atom. The second-order valence-electron chi connectivity index (χ2n) is 6.34. The molecule has 0 atom stereocenters. The minimum atomic E-state index is -0.104. The molecule has 0 unspecified atom stereocenters. The van der Waals surface area contributed by atoms with Crippen molar-refractivity contribution in [2.75, 3.05) is 13.3 Å². The van der Waals surface area contributed by atoms with Gasteiger partial charge in [-0.25, -0.2) is 0 Å². The molecule has 0 fully saturated rings. The van der Waals surface area contributed by atoms with Gasteiger partial charge in [0.25, 0.3) is 5.91 Å². The number of amides is 1. The Bertz CT molecular complexity index is 966. The Hall–Kier alpha value is -3.28. The third kappa shape index (κ3) is 3.26. The lowest BCUT2D eigenvalue weighted by Crippen LogP contribution is -2.30. The molecule has 0 spiro atoms. The Morgan fingerprint density at radius 2 is 1.89 bits per heavy atom. The number of aryl methyl sites for hydroxylation is 1. The van der Waals surface area contributed by atoms with Gasteiger partial charge in [0.15, 0.2) is 11.5 Å². The number of carbonyl (C=O) groups is 1. The number of rotatable bonds is 5. The SMILES string of the molecule is CCN(Cc1ccc2c(c1)OCO2)C(=O)c1c(-c2ccccc2)noc1C. The van der Waals surface area contributed by atoms with Gasteiger partial charge in [0, 0.05) is 18.7 Å². The van der Waals surface area contributed by atoms with Crippen molar-refractivity contribution < 1.29 is 18.8 Å². The summed E-state index contributed by atoms with van der Waals surface area (Å²) in [5.41, 5.74) is 2.91. The highest BCUT2D eigenvalue weighted by molar-refractivity contribution is 6.00. The van der Waals surface area contributed by atoms with E-state index in [0.29, 0.717) is 35.9 Å². The van der Waals surface area contributed by atoms with Crippen LogP contribution in [0.5, 0.6) is 11.5 Å². The number of hydrogen-bond acceptors (Lipinski definition) is 5. The van der Waals surface area contributed by atoms with E-state index in [1.807, 2.05) is 55.5 Å². The van der Waals surface area contributed by atoms with Crippen LogP contribution in [-0.4, -0.2) is 29.3 Å². The standard InChI is InChI=1S/C21H20N2O4/c1-3-23(12-15-9-10-17-18(11-15)26-13-25-17)21(24)19-14(2)27-22-20(19)16-7-5-4-6-8-16/h4-11H,3,12-13H2,1-2H3. The fourth-order valence-corrected chi connectivity index (χ4v) is 3.16. The van der Waals surface area contributed by atoms with Crippen LogP contribution in [0.4, 0.5) is 0 Å². The topological polar surface area (TPSA) is 64.8 Å². The molecule has 6 nitrogen and oxygen atoms in total. The van der Waals surface area contributed by atoms with Crippen molar-refractivity contribution in [3.05, 3.63) is 65.4 Å². The molecule has 0 radical (unpaired) electrons. The number of benzene rings is 2. The molecule has 0 aliphatic carbocycles. The maximum Gasteiger partial charge on any atom is 0.260 e. The summed E-state index contributed by atoms with van der Waals surface area (Å²) in [7, 11) is 0. The number of nitrogens with zero attached hydrogens (tertiary/aromatic N) is 2. The molecule has 1 aliphatic rings. The zero-order chi connectivity index (χ0) is 18.8. The van der Waals surface area contributed by atoms with E-state index < -0.39 is 0 Å². The van der Waals surface area contributed by atoms with E-state index >= 15 is 0 Å². The predicted octanol–water partition coefficient (Wildman–Crippen LogP) is 4.04. The van der Waals surface area contributed by atoms with Crippen LogP contribution in [-0.2, 0) is 6.54 Å². The van der Waals surface area contributed by atoms with Crippen LogP contribution < -0.4 is 9.47 Å². The smallest absolute Gasteiger partial charge is 0.260 e. The van der Waals surface area contributed by atoms with Gasteiger partial charge in [0.05, 0.1) is 0 Å². The molecule has 0 saturated heterocycles. The van der Waals surface area contributed by atoms with Crippen molar-refractivity contribution in [2.45, 2.75) is 20.4 Å². The lowest BCUT2D eigenvalue weighted by molar-refractivity contribution is 0.0751. The molecule has 0 saturated carbocycles. The first-order chi connectivity index (χ1) is 13.2. The lowest BCUT2D eigenvalue weighted by atomic mass is 10.0. The minimum absolute atomic E-state index is 0.104. The number of carbonyl (C=O) groups excluding carboxylic acids is 1. The van der Waals surface area contributed by atoms with E-state index in [2.05, 4.69) is 5.16 Å². The van der Waals surface area contributed by atoms with Crippen LogP contribution in [0.3, 0.4) is 0 Å². The number of ether oxygens (including phenoxy) is 2. The molecule has 3 aromatic rings. The monoisotopic (exact) mass is 364 g/mol. The molecule has 1 aliphatic heterocycles. The van der Waals surface area contributed by atoms with Crippen molar-refractivity contribution in [3.63, 3.8) is 0 Å². The minimum Gasteiger partial charge on any atom is -0.454 e. The zero-order valence-electron chi connectivity index (χ0n) is 15.3. The molecule has 0 N–H and O–H groups in total. The van der Waals surface area contributed by atoms with Gasteiger partial charge in [0.2, 0.25) is 6.79 Å². The van der Waals surface area contributed by atoms with E-state index in [-0.39, 0.29) is 12.7 Å². The van der Waals surface area contributed by atoms with Gasteiger partial charge in [-0.3, -0.25) is 4.79 Å². The molecule has 2 aromatic carbocycles. The summed E-state index contributed by atoms with van der Waals surface area (Å²) < 4.78 is 16.1. The Kier molecular flexibility index (Phi) is 4.54. The van der Waals surface area contributed by atoms with Crippen LogP contribution in [0.1, 0.15) is 28.6 Å². The molecular weight excluding hydrogens is 344 g/mol. The lowest BCUT2D eigenvalue weighted by Gasteiger charge is -2.21. The van der Waals surface area contributed by atoms with Gasteiger partial charge in [-0.05, 0) is 31.5 Å². The van der Waals surface area contributed by atoms with Crippen molar-refractivity contribution in [1.29, 1.82) is 0 Å². The molecule has 6 heteroatoms. The van der Waals surface area contributed by atoms with Gasteiger partial charge < -0.3 is 18.9 Å². The van der Waals surface area contributed by atoms with Gasteiger partial charge in [-0.2, -0.15) is 0 Å². The van der Waals surface area contributed by atoms with Crippen LogP contribution in [0.25, 0.3) is 11.3 Å². The van der Waals surface area contributed by atoms with Gasteiger partial charge in [0.1, 0.15) is 17.0 Å². The maximum atomic E-state index is 13.3. The van der Waals surface area contributed by atoms with Crippen LogP contribution in [0.2, 0.25) is 0 Å². The number of aromatic nitrogens is 1. The fraction of sp³-hybridized carbons (Fsp3) is 0.238. The highest BCUT2D eigenvalue weighted by atomic mass is 16.7. The first kappa shape index (κ1) is 17.1. The van der Waals surface area contributed by atoms with E-state index in [1.165, 1.54) is 0 Å². The molecule has 0 bridgehead atoms. The molecule has 138 valence electrons. The fourth-order valence-electron chi connectivity index (χ4n) is 3.16. The highest BCUT2D eigenvalue weighted by Gasteiger charge is 2.26. The maximum absolute atomic E-state index is 13.3. The third-order valence-electron chi connectivity index (χ3n) is 4.60. The summed E-state index contributed by atoms with van der Waals surface area (Å²) in [6, 6.07) is 15.3. The molecule has 1 amide bonds. The van der Waals surface area contributed by atoms with E-state index in [0.717, 1.165) is 16.9 Å². The first-order valence-corrected chi connectivity index (χ1v) is 8.87. The molecule has 27 heavy (non-hydrogen) atoms. The molecular formula is C21H20N2O4.